The molecule has 1 aliphatic rings. The molecule has 2 heterocycles. The highest BCUT2D eigenvalue weighted by molar-refractivity contribution is 4.98. The van der Waals surface area contributed by atoms with E-state index >= 15 is 0 Å². The molecular weight excluding hydrogens is 250 g/mol. The molecule has 1 fully saturated rings. The van der Waals surface area contributed by atoms with Crippen LogP contribution < -0.4 is 5.32 Å². The first-order valence-corrected chi connectivity index (χ1v) is 7.76. The van der Waals surface area contributed by atoms with Gasteiger partial charge in [-0.1, -0.05) is 20.8 Å². The highest BCUT2D eigenvalue weighted by Crippen LogP contribution is 2.26. The van der Waals surface area contributed by atoms with Crippen molar-refractivity contribution in [2.75, 3.05) is 13.1 Å². The third kappa shape index (κ3) is 3.38. The standard InChI is InChI=1S/C15H29N5/c1-6-15(4)10-16-13(7-12(2)3)8-20(15)9-14-17-11-18-19(14)5/h11-13,16H,6-10H2,1-5H3. The zero-order valence-corrected chi connectivity index (χ0v) is 13.6. The van der Waals surface area contributed by atoms with Gasteiger partial charge in [-0.15, -0.1) is 0 Å². The predicted molar refractivity (Wildman–Crippen MR) is 81.4 cm³/mol. The molecule has 0 saturated carbocycles. The second kappa shape index (κ2) is 6.22. The smallest absolute Gasteiger partial charge is 0.140 e. The average Bonchev–Trinajstić information content (AvgIpc) is 2.79. The maximum atomic E-state index is 4.39. The zero-order valence-electron chi connectivity index (χ0n) is 13.6. The molecule has 0 radical (unpaired) electrons. The lowest BCUT2D eigenvalue weighted by molar-refractivity contribution is 0.0342. The number of nitrogens with zero attached hydrogens (tertiary/aromatic N) is 4. The molecule has 1 N–H and O–H groups in total. The van der Waals surface area contributed by atoms with Crippen molar-refractivity contribution in [3.63, 3.8) is 0 Å². The minimum Gasteiger partial charge on any atom is -0.311 e. The van der Waals surface area contributed by atoms with E-state index in [1.54, 1.807) is 6.33 Å². The number of nitrogens with one attached hydrogen (secondary N) is 1. The molecule has 2 atom stereocenters. The van der Waals surface area contributed by atoms with Gasteiger partial charge in [0, 0.05) is 31.7 Å². The van der Waals surface area contributed by atoms with Crippen LogP contribution >= 0.6 is 0 Å². The van der Waals surface area contributed by atoms with Gasteiger partial charge in [-0.3, -0.25) is 9.58 Å². The first kappa shape index (κ1) is 15.4. The van der Waals surface area contributed by atoms with E-state index in [0.29, 0.717) is 6.04 Å². The molecule has 5 heteroatoms. The monoisotopic (exact) mass is 279 g/mol. The molecule has 1 saturated heterocycles. The number of aryl methyl sites for hydroxylation is 1. The molecule has 1 aliphatic heterocycles. The van der Waals surface area contributed by atoms with E-state index in [1.807, 2.05) is 11.7 Å². The first-order valence-electron chi connectivity index (χ1n) is 7.76. The van der Waals surface area contributed by atoms with Gasteiger partial charge >= 0.3 is 0 Å². The van der Waals surface area contributed by atoms with Crippen molar-refractivity contribution in [3.8, 4) is 0 Å². The Morgan fingerprint density at radius 3 is 2.80 bits per heavy atom. The van der Waals surface area contributed by atoms with E-state index < -0.39 is 0 Å². The van der Waals surface area contributed by atoms with E-state index in [9.17, 15) is 0 Å². The Morgan fingerprint density at radius 1 is 1.50 bits per heavy atom. The SMILES string of the molecule is CCC1(C)CNC(CC(C)C)CN1Cc1ncnn1C. The van der Waals surface area contributed by atoms with Gasteiger partial charge in [0.05, 0.1) is 6.54 Å². The highest BCUT2D eigenvalue weighted by Gasteiger charge is 2.36. The number of rotatable bonds is 5. The highest BCUT2D eigenvalue weighted by atomic mass is 15.4. The van der Waals surface area contributed by atoms with Crippen LogP contribution in [0.2, 0.25) is 0 Å². The number of hydrogen-bond acceptors (Lipinski definition) is 4. The second-order valence-corrected chi connectivity index (χ2v) is 6.74. The van der Waals surface area contributed by atoms with Crippen molar-refractivity contribution in [2.24, 2.45) is 13.0 Å². The Labute approximate surface area is 122 Å². The van der Waals surface area contributed by atoms with E-state index in [0.717, 1.165) is 37.8 Å². The Hall–Kier alpha value is -0.940. The molecule has 1 aromatic heterocycles. The third-order valence-electron chi connectivity index (χ3n) is 4.63. The van der Waals surface area contributed by atoms with Gasteiger partial charge in [-0.05, 0) is 25.7 Å². The van der Waals surface area contributed by atoms with Crippen LogP contribution in [0, 0.1) is 5.92 Å². The molecule has 2 rings (SSSR count). The molecule has 5 nitrogen and oxygen atoms in total. The molecule has 0 aromatic carbocycles. The van der Waals surface area contributed by atoms with Crippen molar-refractivity contribution in [3.05, 3.63) is 12.2 Å². The van der Waals surface area contributed by atoms with Crippen molar-refractivity contribution >= 4 is 0 Å². The summed E-state index contributed by atoms with van der Waals surface area (Å²) in [6.45, 7) is 12.2. The molecule has 2 unspecified atom stereocenters. The third-order valence-corrected chi connectivity index (χ3v) is 4.63. The fraction of sp³-hybridized carbons (Fsp3) is 0.867. The number of hydrogen-bond donors (Lipinski definition) is 1. The van der Waals surface area contributed by atoms with E-state index in [1.165, 1.54) is 6.42 Å². The van der Waals surface area contributed by atoms with Crippen LogP contribution in [0.1, 0.15) is 46.4 Å². The van der Waals surface area contributed by atoms with Crippen molar-refractivity contribution in [1.82, 2.24) is 25.0 Å². The summed E-state index contributed by atoms with van der Waals surface area (Å²) in [5, 5.41) is 7.92. The maximum Gasteiger partial charge on any atom is 0.140 e. The lowest BCUT2D eigenvalue weighted by Crippen LogP contribution is -2.62. The van der Waals surface area contributed by atoms with E-state index in [4.69, 9.17) is 0 Å². The van der Waals surface area contributed by atoms with Crippen LogP contribution in [0.5, 0.6) is 0 Å². The van der Waals surface area contributed by atoms with Crippen LogP contribution in [-0.2, 0) is 13.6 Å². The summed E-state index contributed by atoms with van der Waals surface area (Å²) >= 11 is 0. The Morgan fingerprint density at radius 2 is 2.25 bits per heavy atom. The summed E-state index contributed by atoms with van der Waals surface area (Å²) in [5.41, 5.74) is 0.208. The van der Waals surface area contributed by atoms with Crippen LogP contribution in [-0.4, -0.2) is 44.3 Å². The van der Waals surface area contributed by atoms with Gasteiger partial charge in [0.1, 0.15) is 12.2 Å². The topological polar surface area (TPSA) is 46.0 Å². The van der Waals surface area contributed by atoms with E-state index in [2.05, 4.69) is 48.0 Å². The normalized spacial score (nSPS) is 28.2. The summed E-state index contributed by atoms with van der Waals surface area (Å²) in [6, 6.07) is 0.586. The molecule has 0 spiro atoms. The minimum atomic E-state index is 0.208. The molecule has 0 amide bonds. The molecule has 0 aliphatic carbocycles. The molecule has 20 heavy (non-hydrogen) atoms. The quantitative estimate of drug-likeness (QED) is 0.893. The van der Waals surface area contributed by atoms with Crippen molar-refractivity contribution in [1.29, 1.82) is 0 Å². The summed E-state index contributed by atoms with van der Waals surface area (Å²) in [6.07, 6.45) is 4.02. The second-order valence-electron chi connectivity index (χ2n) is 6.74. The summed E-state index contributed by atoms with van der Waals surface area (Å²) in [7, 11) is 1.97. The van der Waals surface area contributed by atoms with Gasteiger partial charge < -0.3 is 5.32 Å². The van der Waals surface area contributed by atoms with Crippen LogP contribution in [0.25, 0.3) is 0 Å². The summed E-state index contributed by atoms with van der Waals surface area (Å²) < 4.78 is 1.88. The average molecular weight is 279 g/mol. The van der Waals surface area contributed by atoms with Crippen molar-refractivity contribution < 1.29 is 0 Å². The van der Waals surface area contributed by atoms with Gasteiger partial charge in [0.25, 0.3) is 0 Å². The van der Waals surface area contributed by atoms with Gasteiger partial charge in [-0.25, -0.2) is 4.98 Å². The Bertz CT molecular complexity index is 428. The lowest BCUT2D eigenvalue weighted by atomic mass is 9.90. The van der Waals surface area contributed by atoms with Crippen LogP contribution in [0.3, 0.4) is 0 Å². The minimum absolute atomic E-state index is 0.208. The summed E-state index contributed by atoms with van der Waals surface area (Å²) in [5.74, 6) is 1.78. The zero-order chi connectivity index (χ0) is 14.8. The molecule has 114 valence electrons. The Kier molecular flexibility index (Phi) is 4.81. The van der Waals surface area contributed by atoms with E-state index in [-0.39, 0.29) is 5.54 Å². The molecule has 0 bridgehead atoms. The Balaban J connectivity index is 2.09. The van der Waals surface area contributed by atoms with Crippen LogP contribution in [0.4, 0.5) is 0 Å². The number of piperazine rings is 1. The predicted octanol–water partition coefficient (Wildman–Crippen LogP) is 1.80. The fourth-order valence-electron chi connectivity index (χ4n) is 2.99. The summed E-state index contributed by atoms with van der Waals surface area (Å²) in [4.78, 5) is 6.97. The van der Waals surface area contributed by atoms with Crippen LogP contribution in [0.15, 0.2) is 6.33 Å². The van der Waals surface area contributed by atoms with Gasteiger partial charge in [0.15, 0.2) is 0 Å². The van der Waals surface area contributed by atoms with Gasteiger partial charge in [-0.2, -0.15) is 5.10 Å². The molecular formula is C15H29N5. The number of aromatic nitrogens is 3. The first-order chi connectivity index (χ1) is 9.44. The molecule has 1 aromatic rings. The maximum absolute atomic E-state index is 4.39. The lowest BCUT2D eigenvalue weighted by Gasteiger charge is -2.48. The van der Waals surface area contributed by atoms with Crippen molar-refractivity contribution in [2.45, 2.75) is 58.7 Å². The van der Waals surface area contributed by atoms with Gasteiger partial charge in [0.2, 0.25) is 0 Å². The largest absolute Gasteiger partial charge is 0.311 e. The fourth-order valence-corrected chi connectivity index (χ4v) is 2.99.